The number of hydrogen-bond acceptors (Lipinski definition) is 2. The Kier molecular flexibility index (Phi) is 3.47. The normalized spacial score (nSPS) is 30.3. The number of amides is 1. The molecule has 4 heteroatoms. The number of carboxylic acid groups (broad SMARTS) is 1. The van der Waals surface area contributed by atoms with Crippen LogP contribution in [0.25, 0.3) is 0 Å². The van der Waals surface area contributed by atoms with Gasteiger partial charge in [0.2, 0.25) is 6.41 Å². The molecule has 0 saturated heterocycles. The maximum absolute atomic E-state index is 12.2. The van der Waals surface area contributed by atoms with E-state index in [1.54, 1.807) is 0 Å². The summed E-state index contributed by atoms with van der Waals surface area (Å²) in [6, 6.07) is 8.22. The van der Waals surface area contributed by atoms with Crippen molar-refractivity contribution in [2.45, 2.75) is 38.1 Å². The highest BCUT2D eigenvalue weighted by Gasteiger charge is 2.59. The van der Waals surface area contributed by atoms with Gasteiger partial charge in [0, 0.05) is 6.54 Å². The van der Waals surface area contributed by atoms with Crippen LogP contribution in [0.5, 0.6) is 0 Å². The largest absolute Gasteiger partial charge is 0.479 e. The molecule has 2 aliphatic rings. The van der Waals surface area contributed by atoms with Gasteiger partial charge in [-0.1, -0.05) is 24.3 Å². The zero-order valence-electron chi connectivity index (χ0n) is 12.3. The Labute approximate surface area is 124 Å². The van der Waals surface area contributed by atoms with E-state index in [0.717, 1.165) is 32.1 Å². The molecule has 1 N–H and O–H groups in total. The lowest BCUT2D eigenvalue weighted by Gasteiger charge is -2.42. The van der Waals surface area contributed by atoms with Gasteiger partial charge in [0.15, 0.2) is 0 Å². The van der Waals surface area contributed by atoms with Crippen LogP contribution in [0.15, 0.2) is 24.3 Å². The van der Waals surface area contributed by atoms with Crippen LogP contribution >= 0.6 is 0 Å². The van der Waals surface area contributed by atoms with Gasteiger partial charge < -0.3 is 10.0 Å². The lowest BCUT2D eigenvalue weighted by atomic mass is 9.77. The number of aliphatic carboxylic acids is 1. The Bertz CT molecular complexity index is 536. The smallest absolute Gasteiger partial charge is 0.330 e. The third-order valence-electron chi connectivity index (χ3n) is 5.45. The summed E-state index contributed by atoms with van der Waals surface area (Å²) in [5.41, 5.74) is 1.46. The Morgan fingerprint density at radius 2 is 1.81 bits per heavy atom. The SMILES string of the molecule is CCN(C=O)C1(C(=O)O)C2CCC1Cc1ccccc1C2. The van der Waals surface area contributed by atoms with E-state index in [4.69, 9.17) is 0 Å². The molecule has 1 fully saturated rings. The summed E-state index contributed by atoms with van der Waals surface area (Å²) in [6.07, 6.45) is 4.01. The molecule has 21 heavy (non-hydrogen) atoms. The maximum Gasteiger partial charge on any atom is 0.330 e. The van der Waals surface area contributed by atoms with Gasteiger partial charge in [0.05, 0.1) is 0 Å². The first-order valence-corrected chi connectivity index (χ1v) is 7.66. The van der Waals surface area contributed by atoms with Crippen LogP contribution < -0.4 is 0 Å². The van der Waals surface area contributed by atoms with Crippen molar-refractivity contribution in [3.63, 3.8) is 0 Å². The van der Waals surface area contributed by atoms with Gasteiger partial charge in [0.25, 0.3) is 0 Å². The zero-order valence-corrected chi connectivity index (χ0v) is 12.3. The van der Waals surface area contributed by atoms with Gasteiger partial charge >= 0.3 is 5.97 Å². The molecule has 0 heterocycles. The second-order valence-corrected chi connectivity index (χ2v) is 6.17. The van der Waals surface area contributed by atoms with E-state index in [0.29, 0.717) is 6.54 Å². The number of likely N-dealkylation sites (N-methyl/N-ethyl adjacent to an activating group) is 1. The van der Waals surface area contributed by atoms with Crippen molar-refractivity contribution in [1.29, 1.82) is 0 Å². The fraction of sp³-hybridized carbons (Fsp3) is 0.529. The summed E-state index contributed by atoms with van der Waals surface area (Å²) >= 11 is 0. The van der Waals surface area contributed by atoms with E-state index >= 15 is 0 Å². The first-order valence-electron chi connectivity index (χ1n) is 7.66. The van der Waals surface area contributed by atoms with Crippen molar-refractivity contribution < 1.29 is 14.7 Å². The summed E-state index contributed by atoms with van der Waals surface area (Å²) in [5, 5.41) is 10.0. The number of carboxylic acids is 1. The van der Waals surface area contributed by atoms with Crippen molar-refractivity contribution in [2.24, 2.45) is 11.8 Å². The highest BCUT2D eigenvalue weighted by molar-refractivity contribution is 5.83. The third kappa shape index (κ3) is 1.88. The highest BCUT2D eigenvalue weighted by atomic mass is 16.4. The minimum absolute atomic E-state index is 0.00815. The monoisotopic (exact) mass is 287 g/mol. The second kappa shape index (κ2) is 5.17. The fourth-order valence-electron chi connectivity index (χ4n) is 4.54. The zero-order chi connectivity index (χ0) is 15.0. The lowest BCUT2D eigenvalue weighted by Crippen LogP contribution is -2.60. The Hall–Kier alpha value is -1.84. The molecule has 3 rings (SSSR count). The molecule has 0 aromatic heterocycles. The average molecular weight is 287 g/mol. The molecule has 2 atom stereocenters. The number of fused-ring (bicyclic) bond motifs is 3. The van der Waals surface area contributed by atoms with Crippen molar-refractivity contribution in [3.05, 3.63) is 35.4 Å². The van der Waals surface area contributed by atoms with E-state index in [-0.39, 0.29) is 11.8 Å². The maximum atomic E-state index is 12.2. The quantitative estimate of drug-likeness (QED) is 0.863. The molecule has 4 nitrogen and oxygen atoms in total. The van der Waals surface area contributed by atoms with E-state index in [2.05, 4.69) is 12.1 Å². The van der Waals surface area contributed by atoms with Gasteiger partial charge in [-0.05, 0) is 55.6 Å². The molecule has 0 radical (unpaired) electrons. The number of rotatable bonds is 4. The Balaban J connectivity index is 2.11. The number of carbonyl (C=O) groups is 2. The van der Waals surface area contributed by atoms with Crippen molar-refractivity contribution in [2.75, 3.05) is 6.54 Å². The first-order chi connectivity index (χ1) is 10.1. The predicted octanol–water partition coefficient (Wildman–Crippen LogP) is 2.11. The van der Waals surface area contributed by atoms with Crippen LogP contribution in [0.1, 0.15) is 30.9 Å². The Morgan fingerprint density at radius 3 is 2.19 bits per heavy atom. The minimum Gasteiger partial charge on any atom is -0.479 e. The first kappa shape index (κ1) is 14.1. The van der Waals surface area contributed by atoms with Crippen LogP contribution in [-0.2, 0) is 22.4 Å². The average Bonchev–Trinajstić information content (AvgIpc) is 2.73. The highest BCUT2D eigenvalue weighted by Crippen LogP contribution is 2.50. The lowest BCUT2D eigenvalue weighted by molar-refractivity contribution is -0.161. The molecule has 2 bridgehead atoms. The minimum atomic E-state index is -1.03. The molecule has 0 aliphatic heterocycles. The number of benzene rings is 1. The summed E-state index contributed by atoms with van der Waals surface area (Å²) in [4.78, 5) is 25.2. The summed E-state index contributed by atoms with van der Waals surface area (Å²) in [7, 11) is 0. The van der Waals surface area contributed by atoms with Crippen LogP contribution in [0.4, 0.5) is 0 Å². The second-order valence-electron chi connectivity index (χ2n) is 6.17. The molecule has 2 unspecified atom stereocenters. The van der Waals surface area contributed by atoms with Gasteiger partial charge in [-0.3, -0.25) is 4.79 Å². The van der Waals surface area contributed by atoms with Crippen molar-refractivity contribution in [3.8, 4) is 0 Å². The van der Waals surface area contributed by atoms with Gasteiger partial charge in [-0.15, -0.1) is 0 Å². The summed E-state index contributed by atoms with van der Waals surface area (Å²) in [5.74, 6) is -0.820. The van der Waals surface area contributed by atoms with E-state index in [9.17, 15) is 14.7 Å². The number of nitrogens with zero attached hydrogens (tertiary/aromatic N) is 1. The van der Waals surface area contributed by atoms with Crippen molar-refractivity contribution >= 4 is 12.4 Å². The third-order valence-corrected chi connectivity index (χ3v) is 5.45. The van der Waals surface area contributed by atoms with E-state index < -0.39 is 11.5 Å². The topological polar surface area (TPSA) is 57.6 Å². The molecule has 1 aromatic carbocycles. The molecular weight excluding hydrogens is 266 g/mol. The molecule has 1 saturated carbocycles. The molecule has 0 spiro atoms. The Morgan fingerprint density at radius 1 is 1.29 bits per heavy atom. The summed E-state index contributed by atoms with van der Waals surface area (Å²) < 4.78 is 0. The summed E-state index contributed by atoms with van der Waals surface area (Å²) in [6.45, 7) is 2.30. The van der Waals surface area contributed by atoms with E-state index in [1.807, 2.05) is 19.1 Å². The van der Waals surface area contributed by atoms with Crippen LogP contribution in [-0.4, -0.2) is 34.5 Å². The van der Waals surface area contributed by atoms with Gasteiger partial charge in [-0.2, -0.15) is 0 Å². The number of carbonyl (C=O) groups excluding carboxylic acids is 1. The van der Waals surface area contributed by atoms with Gasteiger partial charge in [-0.25, -0.2) is 4.79 Å². The van der Waals surface area contributed by atoms with Gasteiger partial charge in [0.1, 0.15) is 5.54 Å². The standard InChI is InChI=1S/C17H21NO3/c1-2-18(11-19)17(16(20)21)14-7-8-15(17)10-13-6-4-3-5-12(13)9-14/h3-6,11,14-15H,2,7-10H2,1H3,(H,20,21). The molecule has 1 aromatic rings. The molecular formula is C17H21NO3. The molecule has 2 aliphatic carbocycles. The molecule has 1 amide bonds. The number of hydrogen-bond donors (Lipinski definition) is 1. The molecule has 112 valence electrons. The van der Waals surface area contributed by atoms with E-state index in [1.165, 1.54) is 16.0 Å². The predicted molar refractivity (Wildman–Crippen MR) is 78.9 cm³/mol. The van der Waals surface area contributed by atoms with Crippen LogP contribution in [0.3, 0.4) is 0 Å². The van der Waals surface area contributed by atoms with Crippen molar-refractivity contribution in [1.82, 2.24) is 4.90 Å². The van der Waals surface area contributed by atoms with Crippen LogP contribution in [0.2, 0.25) is 0 Å². The van der Waals surface area contributed by atoms with Crippen LogP contribution in [0, 0.1) is 11.8 Å². The fourth-order valence-corrected chi connectivity index (χ4v) is 4.54.